The van der Waals surface area contributed by atoms with Gasteiger partial charge < -0.3 is 1.43 Å². The SMILES string of the molecule is O=S(O)O.[H-].[Li+].[Ti]. The van der Waals surface area contributed by atoms with E-state index in [9.17, 15) is 0 Å². The molecule has 0 aliphatic rings. The van der Waals surface area contributed by atoms with Gasteiger partial charge >= 0.3 is 18.9 Å². The predicted octanol–water partition coefficient (Wildman–Crippen LogP) is -3.20. The van der Waals surface area contributed by atoms with E-state index >= 15 is 0 Å². The van der Waals surface area contributed by atoms with E-state index < -0.39 is 11.4 Å². The molecule has 0 amide bonds. The molecule has 0 spiro atoms. The van der Waals surface area contributed by atoms with E-state index in [-0.39, 0.29) is 42.0 Å². The van der Waals surface area contributed by atoms with Gasteiger partial charge in [-0.2, -0.15) is 4.21 Å². The predicted molar refractivity (Wildman–Crippen MR) is 14.5 cm³/mol. The first-order valence-electron chi connectivity index (χ1n) is 0.532. The third kappa shape index (κ3) is 54.1. The summed E-state index contributed by atoms with van der Waals surface area (Å²) in [6, 6.07) is 0. The van der Waals surface area contributed by atoms with E-state index in [2.05, 4.69) is 0 Å². The Balaban J connectivity index is -0.0000000150. The molecule has 0 aliphatic heterocycles. The zero-order valence-electron chi connectivity index (χ0n) is 4.21. The van der Waals surface area contributed by atoms with Crippen LogP contribution in [-0.4, -0.2) is 13.3 Å². The van der Waals surface area contributed by atoms with E-state index in [1.807, 2.05) is 0 Å². The molecule has 32 valence electrons. The van der Waals surface area contributed by atoms with Crippen molar-refractivity contribution in [2.45, 2.75) is 0 Å². The standard InChI is InChI=1S/Li.H2O3S.Ti.H/c;1-4(2)3;;/h;(H2,1,2,3);;/q+1;;;-1. The van der Waals surface area contributed by atoms with Gasteiger partial charge in [0.2, 0.25) is 0 Å². The van der Waals surface area contributed by atoms with Crippen LogP contribution in [0.4, 0.5) is 0 Å². The molecule has 2 N–H and O–H groups in total. The van der Waals surface area contributed by atoms with E-state index in [4.69, 9.17) is 13.3 Å². The van der Waals surface area contributed by atoms with Crippen molar-refractivity contribution in [3.8, 4) is 0 Å². The molecule has 0 saturated heterocycles. The van der Waals surface area contributed by atoms with E-state index in [0.717, 1.165) is 0 Å². The maximum atomic E-state index is 8.67. The number of hydrogen-bond donors (Lipinski definition) is 2. The second-order valence-corrected chi connectivity index (χ2v) is 0.692. The molecule has 0 atom stereocenters. The zero-order chi connectivity index (χ0) is 3.58. The summed E-state index contributed by atoms with van der Waals surface area (Å²) in [5.41, 5.74) is 0. The molecular weight excluding hydrogens is 135 g/mol. The third-order valence-electron chi connectivity index (χ3n) is 0. The van der Waals surface area contributed by atoms with Crippen molar-refractivity contribution < 1.29 is 55.3 Å². The largest absolute Gasteiger partial charge is 1.00 e. The first-order valence-corrected chi connectivity index (χ1v) is 1.60. The fourth-order valence-corrected chi connectivity index (χ4v) is 0. The van der Waals surface area contributed by atoms with Crippen LogP contribution in [0.3, 0.4) is 0 Å². The monoisotopic (exact) mass is 138 g/mol. The molecule has 0 saturated carbocycles. The molecular formula is H3LiO3STi. The summed E-state index contributed by atoms with van der Waals surface area (Å²) < 4.78 is 22.8. The molecule has 6 heteroatoms. The van der Waals surface area contributed by atoms with Gasteiger partial charge in [-0.05, 0) is 0 Å². The Morgan fingerprint density at radius 2 is 1.50 bits per heavy atom. The van der Waals surface area contributed by atoms with E-state index in [0.29, 0.717) is 0 Å². The van der Waals surface area contributed by atoms with Gasteiger partial charge in [-0.3, -0.25) is 9.11 Å². The molecule has 0 fully saturated rings. The molecule has 0 aromatic carbocycles. The summed E-state index contributed by atoms with van der Waals surface area (Å²) in [6.45, 7) is 0. The Bertz CT molecular complexity index is 37.9. The minimum Gasteiger partial charge on any atom is -1.00 e. The molecule has 0 bridgehead atoms. The zero-order valence-corrected chi connectivity index (χ0v) is 5.59. The summed E-state index contributed by atoms with van der Waals surface area (Å²) in [5.74, 6) is 0. The van der Waals surface area contributed by atoms with Gasteiger partial charge in [-0.1, -0.05) is 0 Å². The van der Waals surface area contributed by atoms with Crippen LogP contribution in [0, 0.1) is 0 Å². The minimum atomic E-state index is -2.61. The van der Waals surface area contributed by atoms with Crippen LogP contribution in [0.2, 0.25) is 0 Å². The van der Waals surface area contributed by atoms with Gasteiger partial charge in [0.05, 0.1) is 0 Å². The first kappa shape index (κ1) is 15.7. The van der Waals surface area contributed by atoms with Gasteiger partial charge in [0.25, 0.3) is 11.4 Å². The minimum absolute atomic E-state index is 0. The van der Waals surface area contributed by atoms with Gasteiger partial charge in [0.1, 0.15) is 0 Å². The molecule has 0 radical (unpaired) electrons. The quantitative estimate of drug-likeness (QED) is 0.273. The average Bonchev–Trinajstić information content (AvgIpc) is 0.811. The molecule has 3 nitrogen and oxygen atoms in total. The smallest absolute Gasteiger partial charge is 1.00 e. The van der Waals surface area contributed by atoms with Gasteiger partial charge in [0, 0.05) is 21.7 Å². The molecule has 0 aromatic rings. The van der Waals surface area contributed by atoms with Crippen molar-refractivity contribution in [1.29, 1.82) is 0 Å². The Morgan fingerprint density at radius 3 is 1.50 bits per heavy atom. The van der Waals surface area contributed by atoms with Crippen LogP contribution in [0.25, 0.3) is 0 Å². The molecule has 0 rings (SSSR count). The maximum absolute atomic E-state index is 8.67. The van der Waals surface area contributed by atoms with Crippen molar-refractivity contribution in [1.82, 2.24) is 0 Å². The summed E-state index contributed by atoms with van der Waals surface area (Å²) in [5, 5.41) is 0. The van der Waals surface area contributed by atoms with Crippen LogP contribution < -0.4 is 18.9 Å². The fraction of sp³-hybridized carbons (Fsp3) is 0. The summed E-state index contributed by atoms with van der Waals surface area (Å²) >= 11 is -2.61. The topological polar surface area (TPSA) is 57.5 Å². The van der Waals surface area contributed by atoms with E-state index in [1.54, 1.807) is 0 Å². The molecule has 0 unspecified atom stereocenters. The van der Waals surface area contributed by atoms with Crippen molar-refractivity contribution in [2.24, 2.45) is 0 Å². The van der Waals surface area contributed by atoms with Crippen LogP contribution in [0.5, 0.6) is 0 Å². The first-order chi connectivity index (χ1) is 1.73. The molecule has 0 aromatic heterocycles. The van der Waals surface area contributed by atoms with Crippen LogP contribution in [0.1, 0.15) is 1.43 Å². The van der Waals surface area contributed by atoms with Crippen LogP contribution in [-0.2, 0) is 33.1 Å². The Kier molecular flexibility index (Phi) is 25.1. The van der Waals surface area contributed by atoms with Gasteiger partial charge in [0.15, 0.2) is 0 Å². The molecule has 0 aliphatic carbocycles. The Labute approximate surface area is 66.5 Å². The van der Waals surface area contributed by atoms with Crippen molar-refractivity contribution in [3.63, 3.8) is 0 Å². The van der Waals surface area contributed by atoms with Crippen molar-refractivity contribution in [2.75, 3.05) is 0 Å². The normalized spacial score (nSPS) is 5.83. The van der Waals surface area contributed by atoms with Gasteiger partial charge in [-0.15, -0.1) is 0 Å². The number of rotatable bonds is 0. The average molecular weight is 138 g/mol. The van der Waals surface area contributed by atoms with Crippen molar-refractivity contribution in [3.05, 3.63) is 0 Å². The summed E-state index contributed by atoms with van der Waals surface area (Å²) in [6.07, 6.45) is 0. The summed E-state index contributed by atoms with van der Waals surface area (Å²) in [4.78, 5) is 0. The maximum Gasteiger partial charge on any atom is 1.00 e. The third-order valence-corrected chi connectivity index (χ3v) is 0. The van der Waals surface area contributed by atoms with Crippen LogP contribution in [0.15, 0.2) is 0 Å². The fourth-order valence-electron chi connectivity index (χ4n) is 0. The number of hydrogen-bond acceptors (Lipinski definition) is 1. The van der Waals surface area contributed by atoms with Crippen LogP contribution >= 0.6 is 0 Å². The summed E-state index contributed by atoms with van der Waals surface area (Å²) in [7, 11) is 0. The van der Waals surface area contributed by atoms with E-state index in [1.165, 1.54) is 0 Å². The van der Waals surface area contributed by atoms with Crippen molar-refractivity contribution >= 4 is 11.4 Å². The second-order valence-electron chi connectivity index (χ2n) is 0.231. The molecule has 6 heavy (non-hydrogen) atoms. The molecule has 0 heterocycles. The second kappa shape index (κ2) is 9.63. The Hall–Kier alpha value is 1.38. The Morgan fingerprint density at radius 1 is 1.50 bits per heavy atom. The van der Waals surface area contributed by atoms with Gasteiger partial charge in [-0.25, -0.2) is 0 Å².